The van der Waals surface area contributed by atoms with Crippen molar-refractivity contribution in [1.82, 2.24) is 10.2 Å². The summed E-state index contributed by atoms with van der Waals surface area (Å²) in [6.07, 6.45) is 6.27. The number of nitrogens with one attached hydrogen (secondary N) is 1. The second kappa shape index (κ2) is 5.57. The minimum absolute atomic E-state index is 0.767. The number of piperidine rings is 1. The second-order valence-electron chi connectivity index (χ2n) is 5.35. The Labute approximate surface area is 110 Å². The molecule has 96 valence electrons. The van der Waals surface area contributed by atoms with Gasteiger partial charge in [-0.25, -0.2) is 0 Å². The van der Waals surface area contributed by atoms with Crippen LogP contribution in [0.5, 0.6) is 0 Å². The lowest BCUT2D eigenvalue weighted by molar-refractivity contribution is 0.232. The van der Waals surface area contributed by atoms with Crippen LogP contribution in [0, 0.1) is 5.92 Å². The fraction of sp³-hybridized carbons (Fsp3) is 0.500. The molecule has 2 heterocycles. The summed E-state index contributed by atoms with van der Waals surface area (Å²) in [6, 6.07) is 10.8. The molecule has 1 aromatic rings. The van der Waals surface area contributed by atoms with E-state index in [1.165, 1.54) is 44.5 Å². The van der Waals surface area contributed by atoms with Crippen LogP contribution in [-0.4, -0.2) is 31.1 Å². The number of rotatable bonds is 3. The lowest BCUT2D eigenvalue weighted by Crippen LogP contribution is -2.42. The van der Waals surface area contributed by atoms with Crippen molar-refractivity contribution in [1.29, 1.82) is 0 Å². The molecule has 2 nitrogen and oxygen atoms in total. The first-order valence-electron chi connectivity index (χ1n) is 7.13. The summed E-state index contributed by atoms with van der Waals surface area (Å²) in [7, 11) is 0. The predicted molar refractivity (Wildman–Crippen MR) is 75.4 cm³/mol. The molecule has 0 spiro atoms. The summed E-state index contributed by atoms with van der Waals surface area (Å²) in [5.41, 5.74) is 3.06. The number of likely N-dealkylation sites (tertiary alicyclic amines) is 1. The fourth-order valence-electron chi connectivity index (χ4n) is 3.15. The van der Waals surface area contributed by atoms with Gasteiger partial charge in [0.2, 0.25) is 0 Å². The van der Waals surface area contributed by atoms with Gasteiger partial charge in [-0.05, 0) is 24.8 Å². The number of benzene rings is 1. The highest BCUT2D eigenvalue weighted by Gasteiger charge is 2.25. The van der Waals surface area contributed by atoms with Crippen LogP contribution in [0.25, 0.3) is 0 Å². The molecule has 1 fully saturated rings. The summed E-state index contributed by atoms with van der Waals surface area (Å²) in [6.45, 7) is 4.64. The summed E-state index contributed by atoms with van der Waals surface area (Å²) in [5, 5.41) is 3.48. The van der Waals surface area contributed by atoms with Crippen LogP contribution >= 0.6 is 0 Å². The third kappa shape index (κ3) is 2.59. The molecule has 18 heavy (non-hydrogen) atoms. The molecular formula is C16H22N2. The van der Waals surface area contributed by atoms with Gasteiger partial charge in [-0.1, -0.05) is 36.4 Å². The Hall–Kier alpha value is -1.28. The van der Waals surface area contributed by atoms with Gasteiger partial charge in [-0.15, -0.1) is 0 Å². The molecule has 0 bridgehead atoms. The lowest BCUT2D eigenvalue weighted by Gasteiger charge is -2.39. The average molecular weight is 242 g/mol. The van der Waals surface area contributed by atoms with Crippen LogP contribution in [0.2, 0.25) is 0 Å². The highest BCUT2D eigenvalue weighted by Crippen LogP contribution is 2.28. The van der Waals surface area contributed by atoms with Crippen LogP contribution in [0.1, 0.15) is 18.4 Å². The van der Waals surface area contributed by atoms with E-state index in [9.17, 15) is 0 Å². The van der Waals surface area contributed by atoms with Crippen LogP contribution in [0.15, 0.2) is 42.1 Å². The first kappa shape index (κ1) is 11.8. The molecule has 2 heteroatoms. The molecule has 1 unspecified atom stereocenters. The molecule has 2 aliphatic rings. The maximum Gasteiger partial charge on any atom is 0.0215 e. The van der Waals surface area contributed by atoms with Crippen LogP contribution in [0.4, 0.5) is 0 Å². The van der Waals surface area contributed by atoms with Crippen molar-refractivity contribution in [3.8, 4) is 0 Å². The van der Waals surface area contributed by atoms with Crippen molar-refractivity contribution in [2.75, 3.05) is 26.2 Å². The normalized spacial score (nSPS) is 23.4. The summed E-state index contributed by atoms with van der Waals surface area (Å²) >= 11 is 0. The van der Waals surface area contributed by atoms with E-state index < -0.39 is 0 Å². The number of fused-ring (bicyclic) bond motifs is 1. The quantitative estimate of drug-likeness (QED) is 0.875. The zero-order chi connectivity index (χ0) is 12.2. The first-order valence-corrected chi connectivity index (χ1v) is 7.13. The third-order valence-electron chi connectivity index (χ3n) is 4.12. The monoisotopic (exact) mass is 242 g/mol. The van der Waals surface area contributed by atoms with Crippen molar-refractivity contribution < 1.29 is 0 Å². The van der Waals surface area contributed by atoms with E-state index in [1.807, 2.05) is 0 Å². The van der Waals surface area contributed by atoms with E-state index in [-0.39, 0.29) is 0 Å². The molecule has 1 atom stereocenters. The van der Waals surface area contributed by atoms with Gasteiger partial charge in [0.15, 0.2) is 0 Å². The van der Waals surface area contributed by atoms with E-state index in [2.05, 4.69) is 46.6 Å². The molecular weight excluding hydrogens is 220 g/mol. The van der Waals surface area contributed by atoms with Gasteiger partial charge >= 0.3 is 0 Å². The van der Waals surface area contributed by atoms with Gasteiger partial charge in [0.1, 0.15) is 0 Å². The SMILES string of the molecule is C1=C2C(CCCN2CCc2ccccc2)CNC1. The molecule has 2 aliphatic heterocycles. The molecule has 0 amide bonds. The Kier molecular flexibility index (Phi) is 3.65. The fourth-order valence-corrected chi connectivity index (χ4v) is 3.15. The minimum Gasteiger partial charge on any atom is -0.374 e. The van der Waals surface area contributed by atoms with Crippen LogP contribution in [-0.2, 0) is 6.42 Å². The molecule has 1 saturated heterocycles. The highest BCUT2D eigenvalue weighted by molar-refractivity contribution is 5.17. The van der Waals surface area contributed by atoms with Crippen molar-refractivity contribution in [3.05, 3.63) is 47.7 Å². The zero-order valence-corrected chi connectivity index (χ0v) is 10.9. The van der Waals surface area contributed by atoms with Crippen LogP contribution < -0.4 is 5.32 Å². The first-order chi connectivity index (χ1) is 8.93. The average Bonchev–Trinajstić information content (AvgIpc) is 2.46. The van der Waals surface area contributed by atoms with Gasteiger partial charge in [0.05, 0.1) is 0 Å². The molecule has 0 saturated carbocycles. The largest absolute Gasteiger partial charge is 0.374 e. The molecule has 0 aromatic heterocycles. The van der Waals surface area contributed by atoms with Crippen molar-refractivity contribution in [3.63, 3.8) is 0 Å². The number of hydrogen-bond donors (Lipinski definition) is 1. The smallest absolute Gasteiger partial charge is 0.0215 e. The standard InChI is InChI=1S/C16H22N2/c1-2-5-14(6-3-1)9-12-18-11-4-7-15-13-17-10-8-16(15)18/h1-3,5-6,8,15,17H,4,7,9-13H2. The van der Waals surface area contributed by atoms with Crippen molar-refractivity contribution >= 4 is 0 Å². The highest BCUT2D eigenvalue weighted by atomic mass is 15.2. The third-order valence-corrected chi connectivity index (χ3v) is 4.12. The Balaban J connectivity index is 1.63. The van der Waals surface area contributed by atoms with Gasteiger partial charge in [0.25, 0.3) is 0 Å². The van der Waals surface area contributed by atoms with Gasteiger partial charge in [-0.2, -0.15) is 0 Å². The van der Waals surface area contributed by atoms with Crippen molar-refractivity contribution in [2.24, 2.45) is 5.92 Å². The van der Waals surface area contributed by atoms with E-state index in [4.69, 9.17) is 0 Å². The van der Waals surface area contributed by atoms with Crippen LogP contribution in [0.3, 0.4) is 0 Å². The molecule has 0 aliphatic carbocycles. The Morgan fingerprint density at radius 3 is 3.00 bits per heavy atom. The van der Waals surface area contributed by atoms with E-state index in [0.29, 0.717) is 0 Å². The predicted octanol–water partition coefficient (Wildman–Crippen LogP) is 2.43. The van der Waals surface area contributed by atoms with Gasteiger partial charge < -0.3 is 10.2 Å². The Morgan fingerprint density at radius 1 is 1.22 bits per heavy atom. The molecule has 1 N–H and O–H groups in total. The molecule has 1 aromatic carbocycles. The number of nitrogens with zero attached hydrogens (tertiary/aromatic N) is 1. The summed E-state index contributed by atoms with van der Waals surface area (Å²) < 4.78 is 0. The minimum atomic E-state index is 0.767. The lowest BCUT2D eigenvalue weighted by atomic mass is 9.91. The van der Waals surface area contributed by atoms with E-state index in [1.54, 1.807) is 5.70 Å². The van der Waals surface area contributed by atoms with Gasteiger partial charge in [0, 0.05) is 37.8 Å². The summed E-state index contributed by atoms with van der Waals surface area (Å²) in [4.78, 5) is 2.61. The Bertz CT molecular complexity index is 410. The second-order valence-corrected chi connectivity index (χ2v) is 5.35. The number of hydrogen-bond acceptors (Lipinski definition) is 2. The van der Waals surface area contributed by atoms with E-state index in [0.717, 1.165) is 12.5 Å². The van der Waals surface area contributed by atoms with Gasteiger partial charge in [-0.3, -0.25) is 0 Å². The van der Waals surface area contributed by atoms with E-state index >= 15 is 0 Å². The van der Waals surface area contributed by atoms with Crippen molar-refractivity contribution in [2.45, 2.75) is 19.3 Å². The summed E-state index contributed by atoms with van der Waals surface area (Å²) in [5.74, 6) is 0.767. The molecule has 3 rings (SSSR count). The maximum absolute atomic E-state index is 3.48. The maximum atomic E-state index is 3.48. The zero-order valence-electron chi connectivity index (χ0n) is 10.9. The molecule has 0 radical (unpaired) electrons. The Morgan fingerprint density at radius 2 is 2.11 bits per heavy atom. The topological polar surface area (TPSA) is 15.3 Å².